The van der Waals surface area contributed by atoms with Crippen molar-refractivity contribution in [2.24, 2.45) is 11.5 Å². The predicted molar refractivity (Wildman–Crippen MR) is 117 cm³/mol. The number of fused-ring (bicyclic) bond motifs is 1. The molecule has 2 heterocycles. The van der Waals surface area contributed by atoms with Gasteiger partial charge in [0.2, 0.25) is 0 Å². The Morgan fingerprint density at radius 2 is 1.90 bits per heavy atom. The molecule has 0 radical (unpaired) electrons. The van der Waals surface area contributed by atoms with Crippen LogP contribution < -0.4 is 11.5 Å². The van der Waals surface area contributed by atoms with Gasteiger partial charge < -0.3 is 16.6 Å². The Morgan fingerprint density at radius 3 is 2.53 bits per heavy atom. The number of hydrogen-bond acceptors (Lipinski definition) is 5. The molecule has 3 aromatic rings. The number of aryl methyl sites for hydroxylation is 2. The van der Waals surface area contributed by atoms with E-state index >= 15 is 0 Å². The molecule has 5 N–H and O–H groups in total. The predicted octanol–water partition coefficient (Wildman–Crippen LogP) is 3.38. The highest BCUT2D eigenvalue weighted by atomic mass is 32.1. The van der Waals surface area contributed by atoms with E-state index in [0.717, 1.165) is 30.6 Å². The fourth-order valence-electron chi connectivity index (χ4n) is 3.61. The number of aliphatic carboxylic acids is 1. The van der Waals surface area contributed by atoms with Gasteiger partial charge in [-0.2, -0.15) is 5.10 Å². The van der Waals surface area contributed by atoms with Crippen molar-refractivity contribution < 1.29 is 14.7 Å². The zero-order valence-electron chi connectivity index (χ0n) is 16.9. The highest BCUT2D eigenvalue weighted by Gasteiger charge is 2.25. The molecule has 0 aliphatic heterocycles. The van der Waals surface area contributed by atoms with E-state index in [1.54, 1.807) is 41.8 Å². The van der Waals surface area contributed by atoms with Gasteiger partial charge in [-0.1, -0.05) is 30.3 Å². The number of carbonyl (C=O) groups is 2. The number of carboxylic acids is 1. The number of carboxylic acid groups (broad SMARTS) is 1. The van der Waals surface area contributed by atoms with Crippen LogP contribution in [0.15, 0.2) is 42.6 Å². The first kappa shape index (κ1) is 21.7. The summed E-state index contributed by atoms with van der Waals surface area (Å²) in [5.74, 6) is -1.32. The molecule has 1 aliphatic carbocycles. The average Bonchev–Trinajstić information content (AvgIpc) is 3.38. The number of thiophene rings is 1. The van der Waals surface area contributed by atoms with E-state index in [-0.39, 0.29) is 5.91 Å². The third-order valence-corrected chi connectivity index (χ3v) is 6.40. The molecule has 0 fully saturated rings. The summed E-state index contributed by atoms with van der Waals surface area (Å²) < 4.78 is 1.93. The van der Waals surface area contributed by atoms with Crippen LogP contribution in [0.1, 0.15) is 51.5 Å². The summed E-state index contributed by atoms with van der Waals surface area (Å²) in [5, 5.41) is 12.8. The Hall–Kier alpha value is -2.97. The van der Waals surface area contributed by atoms with Crippen LogP contribution in [-0.2, 0) is 24.2 Å². The fraction of sp³-hybridized carbons (Fsp3) is 0.318. The highest BCUT2D eigenvalue weighted by molar-refractivity contribution is 7.14. The summed E-state index contributed by atoms with van der Waals surface area (Å²) in [6.07, 6.45) is 6.30. The molecule has 7 nitrogen and oxygen atoms in total. The monoisotopic (exact) mass is 426 g/mol. The molecule has 158 valence electrons. The van der Waals surface area contributed by atoms with Gasteiger partial charge in [0.05, 0.1) is 5.69 Å². The number of aromatic nitrogens is 2. The number of primary amides is 1. The molecule has 2 aromatic heterocycles. The van der Waals surface area contributed by atoms with Gasteiger partial charge in [-0.05, 0) is 49.8 Å². The Bertz CT molecular complexity index is 1030. The van der Waals surface area contributed by atoms with E-state index in [1.807, 2.05) is 16.8 Å². The van der Waals surface area contributed by atoms with E-state index in [1.165, 1.54) is 23.3 Å². The zero-order valence-corrected chi connectivity index (χ0v) is 17.7. The van der Waals surface area contributed by atoms with Gasteiger partial charge in [0.1, 0.15) is 10.9 Å². The molecule has 8 heteroatoms. The van der Waals surface area contributed by atoms with E-state index in [9.17, 15) is 9.59 Å². The SMILES string of the molecule is CCn1nccc1-c1c(C(N)=O)sc2c1CCCC2.N[C@H](C(=O)O)c1ccccc1. The maximum atomic E-state index is 11.7. The van der Waals surface area contributed by atoms with Crippen LogP contribution in [-0.4, -0.2) is 26.8 Å². The van der Waals surface area contributed by atoms with Gasteiger partial charge in [-0.15, -0.1) is 11.3 Å². The lowest BCUT2D eigenvalue weighted by molar-refractivity contribution is -0.138. The van der Waals surface area contributed by atoms with Crippen molar-refractivity contribution in [3.05, 3.63) is 63.5 Å². The van der Waals surface area contributed by atoms with Crippen molar-refractivity contribution in [2.45, 2.75) is 45.2 Å². The van der Waals surface area contributed by atoms with Crippen LogP contribution in [0.5, 0.6) is 0 Å². The van der Waals surface area contributed by atoms with Gasteiger partial charge in [0.25, 0.3) is 5.91 Å². The van der Waals surface area contributed by atoms with Gasteiger partial charge >= 0.3 is 5.97 Å². The Kier molecular flexibility index (Phi) is 7.02. The van der Waals surface area contributed by atoms with Crippen molar-refractivity contribution in [3.8, 4) is 11.3 Å². The largest absolute Gasteiger partial charge is 0.480 e. The molecule has 1 aromatic carbocycles. The molecule has 0 bridgehead atoms. The smallest absolute Gasteiger partial charge is 0.325 e. The summed E-state index contributed by atoms with van der Waals surface area (Å²) in [7, 11) is 0. The highest BCUT2D eigenvalue weighted by Crippen LogP contribution is 2.40. The van der Waals surface area contributed by atoms with Crippen molar-refractivity contribution in [3.63, 3.8) is 0 Å². The van der Waals surface area contributed by atoms with Crippen LogP contribution in [0.4, 0.5) is 0 Å². The molecule has 30 heavy (non-hydrogen) atoms. The van der Waals surface area contributed by atoms with Crippen LogP contribution in [0.25, 0.3) is 11.3 Å². The zero-order chi connectivity index (χ0) is 21.7. The first-order valence-electron chi connectivity index (χ1n) is 9.93. The van der Waals surface area contributed by atoms with E-state index in [4.69, 9.17) is 16.6 Å². The number of amides is 1. The third kappa shape index (κ3) is 4.60. The first-order chi connectivity index (χ1) is 14.4. The molecule has 0 saturated heterocycles. The number of benzene rings is 1. The van der Waals surface area contributed by atoms with E-state index in [0.29, 0.717) is 10.4 Å². The second-order valence-corrected chi connectivity index (χ2v) is 8.14. The number of hydrogen-bond donors (Lipinski definition) is 3. The number of carbonyl (C=O) groups excluding carboxylic acids is 1. The minimum atomic E-state index is -1.00. The molecule has 1 atom stereocenters. The van der Waals surface area contributed by atoms with E-state index in [2.05, 4.69) is 12.0 Å². The molecule has 0 unspecified atom stereocenters. The standard InChI is InChI=1S/C14H17N3OS.C8H9NO2/c1-2-17-10(7-8-16-17)12-9-5-3-4-6-11(9)19-13(12)14(15)18;9-7(8(10)11)6-4-2-1-3-5-6/h7-8H,2-6H2,1H3,(H2,15,18);1-5,7H,9H2,(H,10,11)/t;7-/m.0/s1. The summed E-state index contributed by atoms with van der Waals surface area (Å²) in [6, 6.07) is 9.80. The Morgan fingerprint density at radius 1 is 1.20 bits per heavy atom. The maximum Gasteiger partial charge on any atom is 0.325 e. The molecule has 4 rings (SSSR count). The van der Waals surface area contributed by atoms with E-state index < -0.39 is 12.0 Å². The van der Waals surface area contributed by atoms with Crippen molar-refractivity contribution >= 4 is 23.2 Å². The van der Waals surface area contributed by atoms with Gasteiger partial charge in [0.15, 0.2) is 0 Å². The Balaban J connectivity index is 0.000000199. The molecular weight excluding hydrogens is 400 g/mol. The second kappa shape index (κ2) is 9.69. The third-order valence-electron chi connectivity index (χ3n) is 5.09. The van der Waals surface area contributed by atoms with Gasteiger partial charge in [-0.25, -0.2) is 0 Å². The lowest BCUT2D eigenvalue weighted by Gasteiger charge is -2.13. The fourth-order valence-corrected chi connectivity index (χ4v) is 4.86. The van der Waals surface area contributed by atoms with Crippen LogP contribution >= 0.6 is 11.3 Å². The minimum Gasteiger partial charge on any atom is -0.480 e. The quantitative estimate of drug-likeness (QED) is 0.577. The normalized spacial score (nSPS) is 13.7. The number of nitrogens with two attached hydrogens (primary N) is 2. The topological polar surface area (TPSA) is 124 Å². The Labute approximate surface area is 179 Å². The summed E-state index contributed by atoms with van der Waals surface area (Å²) in [6.45, 7) is 2.85. The van der Waals surface area contributed by atoms with Gasteiger partial charge in [-0.3, -0.25) is 14.3 Å². The van der Waals surface area contributed by atoms with Crippen molar-refractivity contribution in [1.29, 1.82) is 0 Å². The summed E-state index contributed by atoms with van der Waals surface area (Å²) in [4.78, 5) is 24.1. The minimum absolute atomic E-state index is 0.321. The lowest BCUT2D eigenvalue weighted by atomic mass is 9.93. The molecular formula is C22H26N4O3S. The average molecular weight is 427 g/mol. The number of rotatable bonds is 5. The summed E-state index contributed by atoms with van der Waals surface area (Å²) >= 11 is 1.57. The van der Waals surface area contributed by atoms with Crippen LogP contribution in [0, 0.1) is 0 Å². The molecule has 1 aliphatic rings. The lowest BCUT2D eigenvalue weighted by Crippen LogP contribution is -2.20. The van der Waals surface area contributed by atoms with Gasteiger partial charge in [0, 0.05) is 23.2 Å². The number of nitrogens with zero attached hydrogens (tertiary/aromatic N) is 2. The van der Waals surface area contributed by atoms with Crippen molar-refractivity contribution in [2.75, 3.05) is 0 Å². The second-order valence-electron chi connectivity index (χ2n) is 7.04. The first-order valence-corrected chi connectivity index (χ1v) is 10.8. The molecule has 1 amide bonds. The van der Waals surface area contributed by atoms with Crippen LogP contribution in [0.2, 0.25) is 0 Å². The maximum absolute atomic E-state index is 11.7. The summed E-state index contributed by atoms with van der Waals surface area (Å²) in [5.41, 5.74) is 14.9. The molecule has 0 spiro atoms. The van der Waals surface area contributed by atoms with Crippen LogP contribution in [0.3, 0.4) is 0 Å². The molecule has 0 saturated carbocycles. The van der Waals surface area contributed by atoms with Crippen molar-refractivity contribution in [1.82, 2.24) is 9.78 Å².